The van der Waals surface area contributed by atoms with Gasteiger partial charge in [-0.15, -0.1) is 0 Å². The van der Waals surface area contributed by atoms with Gasteiger partial charge in [0.25, 0.3) is 0 Å². The lowest BCUT2D eigenvalue weighted by Gasteiger charge is -2.22. The van der Waals surface area contributed by atoms with Crippen molar-refractivity contribution in [3.8, 4) is 0 Å². The first-order chi connectivity index (χ1) is 15.0. The van der Waals surface area contributed by atoms with Crippen molar-refractivity contribution in [1.82, 2.24) is 0 Å². The van der Waals surface area contributed by atoms with Crippen molar-refractivity contribution < 1.29 is 53.6 Å². The van der Waals surface area contributed by atoms with Crippen LogP contribution in [0.1, 0.15) is 78.1 Å². The van der Waals surface area contributed by atoms with Gasteiger partial charge >= 0.3 is 11.0 Å². The molecule has 0 fully saturated rings. The van der Waals surface area contributed by atoms with Crippen molar-refractivity contribution in [3.63, 3.8) is 0 Å². The molecule has 0 atom stereocenters. The van der Waals surface area contributed by atoms with Crippen LogP contribution in [0.3, 0.4) is 0 Å². The fourth-order valence-electron chi connectivity index (χ4n) is 2.53. The molecule has 0 heterocycles. The number of unbranched alkanes of at least 4 members (excludes halogenated alkanes) is 8. The van der Waals surface area contributed by atoms with Gasteiger partial charge in [-0.1, -0.05) is 65.2 Å². The number of aliphatic hydroxyl groups excluding tert-OH is 1. The largest absolute Gasteiger partial charge is 0.480 e. The van der Waals surface area contributed by atoms with E-state index in [4.69, 9.17) is 5.11 Å². The molecule has 3 N–H and O–H groups in total. The Balaban J connectivity index is 0. The molecule has 7 nitrogen and oxygen atoms in total. The zero-order valence-corrected chi connectivity index (χ0v) is 20.6. The van der Waals surface area contributed by atoms with Crippen LogP contribution >= 0.6 is 0 Å². The number of aliphatic hydroxyl groups is 1. The summed E-state index contributed by atoms with van der Waals surface area (Å²) < 4.78 is 109. The molecule has 0 aromatic rings. The first-order valence-corrected chi connectivity index (χ1v) is 13.6. The maximum atomic E-state index is 11.4. The minimum atomic E-state index is -6.72. The third kappa shape index (κ3) is 18.4. The van der Waals surface area contributed by atoms with Crippen molar-refractivity contribution >= 4 is 20.0 Å². The minimum Gasteiger partial charge on any atom is -0.421 e. The van der Waals surface area contributed by atoms with E-state index in [2.05, 4.69) is 19.2 Å². The predicted octanol–water partition coefficient (Wildman–Crippen LogP) is 4.16. The van der Waals surface area contributed by atoms with Crippen LogP contribution in [0, 0.1) is 5.92 Å². The number of sulfonamides is 2. The third-order valence-corrected chi connectivity index (χ3v) is 7.04. The fraction of sp³-hybridized carbons (Fsp3) is 1.00. The quantitative estimate of drug-likeness (QED) is 0.226. The summed E-state index contributed by atoms with van der Waals surface area (Å²) in [5, 5.41) is 10.8. The maximum absolute atomic E-state index is 11.4. The Morgan fingerprint density at radius 2 is 1.06 bits per heavy atom. The zero-order valence-electron chi connectivity index (χ0n) is 19.0. The van der Waals surface area contributed by atoms with Gasteiger partial charge in [0.15, 0.2) is 20.0 Å². The second-order valence-electron chi connectivity index (χ2n) is 7.87. The van der Waals surface area contributed by atoms with Crippen LogP contribution in [0.15, 0.2) is 0 Å². The molecule has 202 valence electrons. The van der Waals surface area contributed by atoms with Gasteiger partial charge in [0.1, 0.15) is 0 Å². The standard InChI is InChI=1S/C16H35NO.C2F6NO4S2/c1-16(2)12-10-8-6-4-3-5-7-9-11-13-17-14-15-18;3-1(4,5)14(10,11)9-15(12,13)2(6,7)8/h16-18H,3-15H2,1-2H3;/q;-1/p+1. The van der Waals surface area contributed by atoms with E-state index >= 15 is 0 Å². The monoisotopic (exact) mass is 538 g/mol. The van der Waals surface area contributed by atoms with Crippen LogP contribution in [0.4, 0.5) is 26.3 Å². The Kier molecular flexibility index (Phi) is 17.7. The van der Waals surface area contributed by atoms with E-state index in [1.54, 1.807) is 0 Å². The number of hydrogen-bond donors (Lipinski definition) is 2. The van der Waals surface area contributed by atoms with E-state index in [0.717, 1.165) is 16.6 Å². The number of alkyl halides is 6. The van der Waals surface area contributed by atoms with E-state index in [9.17, 15) is 43.2 Å². The molecule has 0 radical (unpaired) electrons. The summed E-state index contributed by atoms with van der Waals surface area (Å²) in [6.45, 7) is 7.01. The molecule has 0 amide bonds. The number of rotatable bonds is 16. The molecule has 0 spiro atoms. The summed E-state index contributed by atoms with van der Waals surface area (Å²) in [4.78, 5) is 0. The van der Waals surface area contributed by atoms with Crippen molar-refractivity contribution in [3.05, 3.63) is 4.13 Å². The lowest BCUT2D eigenvalue weighted by atomic mass is 10.0. The molecule has 0 unspecified atom stereocenters. The molecule has 0 saturated heterocycles. The highest BCUT2D eigenvalue weighted by Gasteiger charge is 2.46. The lowest BCUT2D eigenvalue weighted by molar-refractivity contribution is -0.656. The van der Waals surface area contributed by atoms with Crippen LogP contribution in [-0.4, -0.2) is 52.7 Å². The number of halogens is 6. The highest BCUT2D eigenvalue weighted by Crippen LogP contribution is 2.36. The summed E-state index contributed by atoms with van der Waals surface area (Å²) in [5.74, 6) is 0.882. The molecule has 0 aromatic carbocycles. The van der Waals surface area contributed by atoms with E-state index in [-0.39, 0.29) is 0 Å². The number of hydrogen-bond acceptors (Lipinski definition) is 5. The predicted molar refractivity (Wildman–Crippen MR) is 113 cm³/mol. The van der Waals surface area contributed by atoms with Gasteiger partial charge in [-0.25, -0.2) is 16.8 Å². The first-order valence-electron chi connectivity index (χ1n) is 10.8. The van der Waals surface area contributed by atoms with Gasteiger partial charge in [0.05, 0.1) is 19.7 Å². The molecule has 0 bridgehead atoms. The van der Waals surface area contributed by atoms with Crippen LogP contribution in [0.2, 0.25) is 0 Å². The lowest BCUT2D eigenvalue weighted by Crippen LogP contribution is -2.85. The van der Waals surface area contributed by atoms with Crippen molar-refractivity contribution in [1.29, 1.82) is 0 Å². The maximum Gasteiger partial charge on any atom is 0.480 e. The van der Waals surface area contributed by atoms with E-state index in [1.807, 2.05) is 0 Å². The number of nitrogens with two attached hydrogens (primary N) is 1. The van der Waals surface area contributed by atoms with Crippen LogP contribution in [0.5, 0.6) is 0 Å². The molecule has 0 aliphatic rings. The van der Waals surface area contributed by atoms with E-state index in [0.29, 0.717) is 6.61 Å². The van der Waals surface area contributed by atoms with Gasteiger partial charge in [-0.3, -0.25) is 0 Å². The van der Waals surface area contributed by atoms with Crippen LogP contribution < -0.4 is 5.32 Å². The molecule has 0 aliphatic heterocycles. The molecule has 0 aromatic heterocycles. The average molecular weight is 539 g/mol. The molecule has 0 aliphatic carbocycles. The Morgan fingerprint density at radius 3 is 1.39 bits per heavy atom. The first kappa shape index (κ1) is 34.5. The number of nitrogens with zero attached hydrogens (tertiary/aromatic N) is 1. The summed E-state index contributed by atoms with van der Waals surface area (Å²) in [7, 11) is -13.4. The number of quaternary nitrogens is 1. The molecule has 33 heavy (non-hydrogen) atoms. The van der Waals surface area contributed by atoms with Crippen LogP contribution in [-0.2, 0) is 20.0 Å². The smallest absolute Gasteiger partial charge is 0.421 e. The molecule has 0 saturated carbocycles. The highest BCUT2D eigenvalue weighted by molar-refractivity contribution is 8.13. The zero-order chi connectivity index (χ0) is 26.2. The van der Waals surface area contributed by atoms with Gasteiger partial charge < -0.3 is 14.6 Å². The van der Waals surface area contributed by atoms with Gasteiger partial charge in [-0.05, 0) is 18.8 Å². The molecule has 0 rings (SSSR count). The second-order valence-corrected chi connectivity index (χ2v) is 11.3. The Hall–Kier alpha value is -0.640. The van der Waals surface area contributed by atoms with Crippen LogP contribution in [0.25, 0.3) is 4.13 Å². The SMILES string of the molecule is CC(C)CCCCCCCCCCC[NH2+]CCO.O=S(=O)([N-]S(=O)(=O)C(F)(F)F)C(F)(F)F. The minimum absolute atomic E-state index is 0.316. The van der Waals surface area contributed by atoms with Gasteiger partial charge in [0.2, 0.25) is 0 Å². The summed E-state index contributed by atoms with van der Waals surface area (Å²) in [6.07, 6.45) is 14.1. The van der Waals surface area contributed by atoms with Crippen molar-refractivity contribution in [2.45, 2.75) is 89.1 Å². The highest BCUT2D eigenvalue weighted by atomic mass is 32.3. The Morgan fingerprint density at radius 1 is 0.697 bits per heavy atom. The Labute approximate surface area is 192 Å². The summed E-state index contributed by atoms with van der Waals surface area (Å²) >= 11 is 0. The normalized spacial score (nSPS) is 13.2. The summed E-state index contributed by atoms with van der Waals surface area (Å²) in [5.41, 5.74) is -12.4. The second kappa shape index (κ2) is 16.9. The van der Waals surface area contributed by atoms with Gasteiger partial charge in [0, 0.05) is 0 Å². The average Bonchev–Trinajstić information content (AvgIpc) is 2.63. The van der Waals surface area contributed by atoms with Crippen molar-refractivity contribution in [2.75, 3.05) is 19.7 Å². The van der Waals surface area contributed by atoms with Gasteiger partial charge in [-0.2, -0.15) is 26.3 Å². The molecular formula is C18H36F6N2O5S2. The van der Waals surface area contributed by atoms with Crippen molar-refractivity contribution in [2.24, 2.45) is 5.92 Å². The summed E-state index contributed by atoms with van der Waals surface area (Å²) in [6, 6.07) is 0. The van der Waals surface area contributed by atoms with E-state index < -0.39 is 31.1 Å². The topological polar surface area (TPSA) is 119 Å². The molecular weight excluding hydrogens is 502 g/mol. The fourth-order valence-corrected chi connectivity index (χ4v) is 4.24. The van der Waals surface area contributed by atoms with E-state index in [1.165, 1.54) is 70.8 Å². The Bertz CT molecular complexity index is 654. The third-order valence-electron chi connectivity index (χ3n) is 4.30. The molecule has 15 heteroatoms.